The number of likely N-dealkylation sites (tertiary alicyclic amines) is 1. The Morgan fingerprint density at radius 2 is 2.25 bits per heavy atom. The van der Waals surface area contributed by atoms with Crippen LogP contribution in [0.2, 0.25) is 0 Å². The van der Waals surface area contributed by atoms with Crippen LogP contribution in [0.1, 0.15) is 35.7 Å². The fourth-order valence-electron chi connectivity index (χ4n) is 3.04. The molecule has 2 atom stereocenters. The summed E-state index contributed by atoms with van der Waals surface area (Å²) < 4.78 is 0. The lowest BCUT2D eigenvalue weighted by Gasteiger charge is -2.34. The van der Waals surface area contributed by atoms with Gasteiger partial charge in [-0.15, -0.1) is 0 Å². The van der Waals surface area contributed by atoms with Crippen molar-refractivity contribution in [1.29, 1.82) is 0 Å². The fraction of sp³-hybridized carbons (Fsp3) is 0.562. The van der Waals surface area contributed by atoms with Crippen molar-refractivity contribution in [2.45, 2.75) is 32.7 Å². The van der Waals surface area contributed by atoms with Crippen molar-refractivity contribution in [2.75, 3.05) is 25.5 Å². The summed E-state index contributed by atoms with van der Waals surface area (Å²) in [7, 11) is 2.18. The minimum Gasteiger partial charge on any atom is -0.382 e. The van der Waals surface area contributed by atoms with E-state index in [-0.39, 0.29) is 5.91 Å². The summed E-state index contributed by atoms with van der Waals surface area (Å²) in [6.45, 7) is 6.49. The Morgan fingerprint density at radius 1 is 1.50 bits per heavy atom. The molecule has 1 aliphatic heterocycles. The number of nitrogens with two attached hydrogens (primary N) is 1. The third-order valence-corrected chi connectivity index (χ3v) is 4.35. The molecule has 1 aliphatic rings. The second-order valence-electron chi connectivity index (χ2n) is 5.94. The van der Waals surface area contributed by atoms with Gasteiger partial charge in [0, 0.05) is 23.8 Å². The van der Waals surface area contributed by atoms with Gasteiger partial charge in [-0.2, -0.15) is 0 Å². The van der Waals surface area contributed by atoms with Gasteiger partial charge in [0.25, 0.3) is 0 Å². The number of hydrogen-bond acceptors (Lipinski definition) is 3. The fourth-order valence-corrected chi connectivity index (χ4v) is 3.04. The standard InChI is InChI=1S/C16H25N3O/c1-11-14(16(17)20)7-4-8-15(11)18-12(2)13-6-5-9-19(3)10-13/h4,7-8,12-13,18H,5-6,9-10H2,1-3H3,(H2,17,20). The third kappa shape index (κ3) is 3.31. The van der Waals surface area contributed by atoms with E-state index < -0.39 is 0 Å². The van der Waals surface area contributed by atoms with Crippen molar-refractivity contribution >= 4 is 11.6 Å². The second-order valence-corrected chi connectivity index (χ2v) is 5.94. The summed E-state index contributed by atoms with van der Waals surface area (Å²) >= 11 is 0. The quantitative estimate of drug-likeness (QED) is 0.886. The van der Waals surface area contributed by atoms with E-state index in [0.717, 1.165) is 17.8 Å². The van der Waals surface area contributed by atoms with Crippen molar-refractivity contribution in [1.82, 2.24) is 4.90 Å². The molecule has 1 saturated heterocycles. The van der Waals surface area contributed by atoms with E-state index in [0.29, 0.717) is 17.5 Å². The molecule has 0 spiro atoms. The van der Waals surface area contributed by atoms with Crippen molar-refractivity contribution in [2.24, 2.45) is 11.7 Å². The van der Waals surface area contributed by atoms with Gasteiger partial charge in [-0.1, -0.05) is 6.07 Å². The van der Waals surface area contributed by atoms with Crippen LogP contribution < -0.4 is 11.1 Å². The first-order valence-corrected chi connectivity index (χ1v) is 7.33. The van der Waals surface area contributed by atoms with Crippen LogP contribution in [0.15, 0.2) is 18.2 Å². The van der Waals surface area contributed by atoms with Crippen molar-refractivity contribution in [3.63, 3.8) is 0 Å². The van der Waals surface area contributed by atoms with Gasteiger partial charge in [-0.3, -0.25) is 4.79 Å². The van der Waals surface area contributed by atoms with Crippen LogP contribution >= 0.6 is 0 Å². The molecule has 1 fully saturated rings. The number of carbonyl (C=O) groups excluding carboxylic acids is 1. The van der Waals surface area contributed by atoms with Gasteiger partial charge < -0.3 is 16.0 Å². The monoisotopic (exact) mass is 275 g/mol. The van der Waals surface area contributed by atoms with E-state index in [1.54, 1.807) is 6.07 Å². The van der Waals surface area contributed by atoms with Crippen LogP contribution in [-0.2, 0) is 0 Å². The van der Waals surface area contributed by atoms with Crippen LogP contribution in [0.4, 0.5) is 5.69 Å². The smallest absolute Gasteiger partial charge is 0.249 e. The van der Waals surface area contributed by atoms with Crippen LogP contribution in [0, 0.1) is 12.8 Å². The van der Waals surface area contributed by atoms with Crippen molar-refractivity contribution in [3.8, 4) is 0 Å². The lowest BCUT2D eigenvalue weighted by molar-refractivity contribution is 0.1000. The van der Waals surface area contributed by atoms with Gasteiger partial charge in [0.2, 0.25) is 5.91 Å². The maximum absolute atomic E-state index is 11.4. The van der Waals surface area contributed by atoms with Gasteiger partial charge in [0.05, 0.1) is 0 Å². The summed E-state index contributed by atoms with van der Waals surface area (Å²) in [5, 5.41) is 3.56. The van der Waals surface area contributed by atoms with Crippen molar-refractivity contribution < 1.29 is 4.79 Å². The Balaban J connectivity index is 2.09. The molecule has 2 unspecified atom stereocenters. The van der Waals surface area contributed by atoms with Crippen molar-refractivity contribution in [3.05, 3.63) is 29.3 Å². The third-order valence-electron chi connectivity index (χ3n) is 4.35. The second kappa shape index (κ2) is 6.27. The van der Waals surface area contributed by atoms with Gasteiger partial charge in [-0.25, -0.2) is 0 Å². The van der Waals surface area contributed by atoms with Gasteiger partial charge in [0.15, 0.2) is 0 Å². The zero-order chi connectivity index (χ0) is 14.7. The van der Waals surface area contributed by atoms with Gasteiger partial charge in [-0.05, 0) is 63.9 Å². The number of carbonyl (C=O) groups is 1. The number of nitrogens with one attached hydrogen (secondary N) is 1. The molecule has 3 N–H and O–H groups in total. The first-order valence-electron chi connectivity index (χ1n) is 7.33. The lowest BCUT2D eigenvalue weighted by Crippen LogP contribution is -2.40. The Labute approximate surface area is 121 Å². The average Bonchev–Trinajstić information content (AvgIpc) is 2.40. The Kier molecular flexibility index (Phi) is 4.65. The van der Waals surface area contributed by atoms with E-state index in [1.807, 2.05) is 19.1 Å². The van der Waals surface area contributed by atoms with E-state index in [2.05, 4.69) is 24.2 Å². The summed E-state index contributed by atoms with van der Waals surface area (Å²) in [6, 6.07) is 6.07. The van der Waals surface area contributed by atoms with Crippen LogP contribution in [0.5, 0.6) is 0 Å². The molecule has 20 heavy (non-hydrogen) atoms. The summed E-state index contributed by atoms with van der Waals surface area (Å²) in [4.78, 5) is 13.8. The minimum absolute atomic E-state index is 0.365. The number of primary amides is 1. The molecule has 1 amide bonds. The zero-order valence-corrected chi connectivity index (χ0v) is 12.6. The molecule has 1 aromatic rings. The average molecular weight is 275 g/mol. The van der Waals surface area contributed by atoms with Gasteiger partial charge >= 0.3 is 0 Å². The highest BCUT2D eigenvalue weighted by Gasteiger charge is 2.23. The largest absolute Gasteiger partial charge is 0.382 e. The molecule has 110 valence electrons. The molecule has 0 bridgehead atoms. The molecule has 1 heterocycles. The van der Waals surface area contributed by atoms with Crippen LogP contribution in [0.3, 0.4) is 0 Å². The maximum Gasteiger partial charge on any atom is 0.249 e. The summed E-state index contributed by atoms with van der Waals surface area (Å²) in [5.74, 6) is 0.279. The minimum atomic E-state index is -0.365. The van der Waals surface area contributed by atoms with E-state index in [1.165, 1.54) is 19.4 Å². The molecule has 2 rings (SSSR count). The van der Waals surface area contributed by atoms with E-state index in [4.69, 9.17) is 5.73 Å². The topological polar surface area (TPSA) is 58.4 Å². The molecular formula is C16H25N3O. The summed E-state index contributed by atoms with van der Waals surface area (Å²) in [5.41, 5.74) is 7.96. The first kappa shape index (κ1) is 14.9. The predicted octanol–water partition coefficient (Wildman–Crippen LogP) is 2.24. The highest BCUT2D eigenvalue weighted by Crippen LogP contribution is 2.24. The highest BCUT2D eigenvalue weighted by molar-refractivity contribution is 5.95. The molecule has 0 aliphatic carbocycles. The van der Waals surface area contributed by atoms with E-state index >= 15 is 0 Å². The van der Waals surface area contributed by atoms with Crippen LogP contribution in [0.25, 0.3) is 0 Å². The Morgan fingerprint density at radius 3 is 2.90 bits per heavy atom. The number of hydrogen-bond donors (Lipinski definition) is 2. The Bertz CT molecular complexity index is 487. The number of benzene rings is 1. The number of nitrogens with zero attached hydrogens (tertiary/aromatic N) is 1. The lowest BCUT2D eigenvalue weighted by atomic mass is 9.91. The Hall–Kier alpha value is -1.55. The first-order chi connectivity index (χ1) is 9.49. The highest BCUT2D eigenvalue weighted by atomic mass is 16.1. The number of rotatable bonds is 4. The predicted molar refractivity (Wildman–Crippen MR) is 83.0 cm³/mol. The number of anilines is 1. The molecule has 0 radical (unpaired) electrons. The SMILES string of the molecule is Cc1c(NC(C)C2CCCN(C)C2)cccc1C(N)=O. The summed E-state index contributed by atoms with van der Waals surface area (Å²) in [6.07, 6.45) is 2.51. The molecule has 4 heteroatoms. The zero-order valence-electron chi connectivity index (χ0n) is 12.6. The normalized spacial score (nSPS) is 21.4. The van der Waals surface area contributed by atoms with Crippen LogP contribution in [-0.4, -0.2) is 37.0 Å². The molecule has 1 aromatic carbocycles. The molecule has 0 aromatic heterocycles. The molecular weight excluding hydrogens is 250 g/mol. The molecule has 4 nitrogen and oxygen atoms in total. The number of amides is 1. The number of piperidine rings is 1. The van der Waals surface area contributed by atoms with E-state index in [9.17, 15) is 4.79 Å². The maximum atomic E-state index is 11.4. The molecule has 0 saturated carbocycles. The van der Waals surface area contributed by atoms with Gasteiger partial charge in [0.1, 0.15) is 0 Å².